The van der Waals surface area contributed by atoms with E-state index >= 15 is 0 Å². The first-order valence-electron chi connectivity index (χ1n) is 9.46. The molecule has 3 aromatic carbocycles. The van der Waals surface area contributed by atoms with Crippen LogP contribution in [0.1, 0.15) is 11.1 Å². The minimum Gasteiger partial charge on any atom is -0.489 e. The summed E-state index contributed by atoms with van der Waals surface area (Å²) >= 11 is 0. The number of barbiturate groups is 1. The van der Waals surface area contributed by atoms with Crippen molar-refractivity contribution < 1.29 is 23.5 Å². The zero-order chi connectivity index (χ0) is 21.8. The van der Waals surface area contributed by atoms with Gasteiger partial charge in [-0.1, -0.05) is 54.6 Å². The summed E-state index contributed by atoms with van der Waals surface area (Å²) in [6.07, 6.45) is 1.34. The first-order chi connectivity index (χ1) is 15.0. The zero-order valence-corrected chi connectivity index (χ0v) is 16.2. The largest absolute Gasteiger partial charge is 0.489 e. The molecule has 6 nitrogen and oxygen atoms in total. The zero-order valence-electron chi connectivity index (χ0n) is 16.2. The second kappa shape index (κ2) is 8.62. The van der Waals surface area contributed by atoms with Crippen molar-refractivity contribution >= 4 is 29.6 Å². The number of nitrogens with zero attached hydrogens (tertiary/aromatic N) is 1. The standard InChI is InChI=1S/C24H17FN2O4/c25-20-11-4-5-12-21(20)27-23(29)19(22(28)26-24(27)30)14-17-9-6-10-18(13-17)31-15-16-7-2-1-3-8-16/h1-14H,15H2,(H,26,28,30)/b19-14-. The van der Waals surface area contributed by atoms with Gasteiger partial charge in [0.1, 0.15) is 23.7 Å². The van der Waals surface area contributed by atoms with Crippen molar-refractivity contribution in [2.45, 2.75) is 6.61 Å². The Labute approximate surface area is 177 Å². The highest BCUT2D eigenvalue weighted by molar-refractivity contribution is 6.39. The number of hydrogen-bond donors (Lipinski definition) is 1. The van der Waals surface area contributed by atoms with Crippen LogP contribution in [0.4, 0.5) is 14.9 Å². The number of carbonyl (C=O) groups is 3. The smallest absolute Gasteiger partial charge is 0.336 e. The number of rotatable bonds is 5. The minimum atomic E-state index is -1.00. The SMILES string of the molecule is O=C1NC(=O)N(c2ccccc2F)C(=O)/C1=C\c1cccc(OCc2ccccc2)c1. The lowest BCUT2D eigenvalue weighted by atomic mass is 10.1. The van der Waals surface area contributed by atoms with Crippen LogP contribution in [-0.2, 0) is 16.2 Å². The van der Waals surface area contributed by atoms with Crippen molar-refractivity contribution in [3.63, 3.8) is 0 Å². The van der Waals surface area contributed by atoms with Crippen LogP contribution in [-0.4, -0.2) is 17.8 Å². The third-order valence-electron chi connectivity index (χ3n) is 4.61. The summed E-state index contributed by atoms with van der Waals surface area (Å²) in [6, 6.07) is 20.8. The molecule has 1 aliphatic heterocycles. The van der Waals surface area contributed by atoms with Gasteiger partial charge >= 0.3 is 6.03 Å². The fraction of sp³-hybridized carbons (Fsp3) is 0.0417. The quantitative estimate of drug-likeness (QED) is 0.503. The molecule has 1 heterocycles. The molecule has 4 rings (SSSR count). The maximum atomic E-state index is 14.2. The van der Waals surface area contributed by atoms with E-state index < -0.39 is 23.7 Å². The normalized spacial score (nSPS) is 15.2. The topological polar surface area (TPSA) is 75.7 Å². The van der Waals surface area contributed by atoms with E-state index in [1.165, 1.54) is 24.3 Å². The number of urea groups is 1. The van der Waals surface area contributed by atoms with Crippen LogP contribution in [0.25, 0.3) is 6.08 Å². The molecule has 1 fully saturated rings. The fourth-order valence-electron chi connectivity index (χ4n) is 3.11. The number of benzene rings is 3. The first-order valence-corrected chi connectivity index (χ1v) is 9.46. The van der Waals surface area contributed by atoms with E-state index in [4.69, 9.17) is 4.74 Å². The van der Waals surface area contributed by atoms with Crippen molar-refractivity contribution in [1.82, 2.24) is 5.32 Å². The fourth-order valence-corrected chi connectivity index (χ4v) is 3.11. The minimum absolute atomic E-state index is 0.233. The molecule has 0 atom stereocenters. The van der Waals surface area contributed by atoms with Gasteiger partial charge in [-0.2, -0.15) is 0 Å². The van der Waals surface area contributed by atoms with Crippen molar-refractivity contribution in [2.75, 3.05) is 4.90 Å². The molecule has 0 radical (unpaired) electrons. The maximum Gasteiger partial charge on any atom is 0.336 e. The number of carbonyl (C=O) groups excluding carboxylic acids is 3. The average molecular weight is 416 g/mol. The Bertz CT molecular complexity index is 1190. The Balaban J connectivity index is 1.60. The summed E-state index contributed by atoms with van der Waals surface area (Å²) in [7, 11) is 0. The summed E-state index contributed by atoms with van der Waals surface area (Å²) in [5.74, 6) is -1.97. The van der Waals surface area contributed by atoms with Gasteiger partial charge in [0.15, 0.2) is 0 Å². The van der Waals surface area contributed by atoms with E-state index in [1.807, 2.05) is 30.3 Å². The van der Waals surface area contributed by atoms with Gasteiger partial charge in [0.2, 0.25) is 0 Å². The number of hydrogen-bond acceptors (Lipinski definition) is 4. The monoisotopic (exact) mass is 416 g/mol. The van der Waals surface area contributed by atoms with Crippen LogP contribution in [0.3, 0.4) is 0 Å². The molecule has 0 aliphatic carbocycles. The summed E-state index contributed by atoms with van der Waals surface area (Å²) in [5, 5.41) is 2.08. The number of ether oxygens (including phenoxy) is 1. The van der Waals surface area contributed by atoms with E-state index in [9.17, 15) is 18.8 Å². The van der Waals surface area contributed by atoms with Gasteiger partial charge in [0, 0.05) is 0 Å². The van der Waals surface area contributed by atoms with Crippen molar-refractivity contribution in [2.24, 2.45) is 0 Å². The van der Waals surface area contributed by atoms with Gasteiger partial charge in [-0.3, -0.25) is 14.9 Å². The van der Waals surface area contributed by atoms with Crippen molar-refractivity contribution in [1.29, 1.82) is 0 Å². The lowest BCUT2D eigenvalue weighted by molar-refractivity contribution is -0.122. The molecule has 0 unspecified atom stereocenters. The predicted octanol–water partition coefficient (Wildman–Crippen LogP) is 4.07. The number of amides is 4. The number of para-hydroxylation sites is 1. The molecule has 0 saturated carbocycles. The molecular formula is C24H17FN2O4. The van der Waals surface area contributed by atoms with E-state index in [1.54, 1.807) is 24.3 Å². The van der Waals surface area contributed by atoms with Crippen LogP contribution in [0.15, 0.2) is 84.4 Å². The summed E-state index contributed by atoms with van der Waals surface area (Å²) in [6.45, 7) is 0.357. The number of anilines is 1. The van der Waals surface area contributed by atoms with Crippen LogP contribution < -0.4 is 15.0 Å². The first kappa shape index (κ1) is 20.0. The van der Waals surface area contributed by atoms with E-state index in [0.717, 1.165) is 11.6 Å². The highest BCUT2D eigenvalue weighted by Gasteiger charge is 2.37. The molecule has 31 heavy (non-hydrogen) atoms. The molecule has 154 valence electrons. The molecule has 3 aromatic rings. The van der Waals surface area contributed by atoms with Crippen LogP contribution >= 0.6 is 0 Å². The van der Waals surface area contributed by atoms with E-state index in [0.29, 0.717) is 22.8 Å². The Morgan fingerprint density at radius 2 is 1.65 bits per heavy atom. The highest BCUT2D eigenvalue weighted by atomic mass is 19.1. The molecule has 1 aliphatic rings. The molecular weight excluding hydrogens is 399 g/mol. The van der Waals surface area contributed by atoms with Crippen LogP contribution in [0.5, 0.6) is 5.75 Å². The second-order valence-corrected chi connectivity index (χ2v) is 6.76. The summed E-state index contributed by atoms with van der Waals surface area (Å²) in [4.78, 5) is 38.0. The Morgan fingerprint density at radius 1 is 0.903 bits per heavy atom. The second-order valence-electron chi connectivity index (χ2n) is 6.76. The van der Waals surface area contributed by atoms with Gasteiger partial charge in [0.25, 0.3) is 11.8 Å². The van der Waals surface area contributed by atoms with Crippen molar-refractivity contribution in [3.05, 3.63) is 101 Å². The van der Waals surface area contributed by atoms with Gasteiger partial charge in [0.05, 0.1) is 5.69 Å². The molecule has 7 heteroatoms. The Morgan fingerprint density at radius 3 is 2.42 bits per heavy atom. The molecule has 1 N–H and O–H groups in total. The maximum absolute atomic E-state index is 14.2. The van der Waals surface area contributed by atoms with Gasteiger partial charge in [-0.15, -0.1) is 0 Å². The number of nitrogens with one attached hydrogen (secondary N) is 1. The lowest BCUT2D eigenvalue weighted by Crippen LogP contribution is -2.54. The number of imide groups is 2. The van der Waals surface area contributed by atoms with Gasteiger partial charge < -0.3 is 4.74 Å². The molecule has 0 bridgehead atoms. The van der Waals surface area contributed by atoms with Crippen molar-refractivity contribution in [3.8, 4) is 5.75 Å². The van der Waals surface area contributed by atoms with Gasteiger partial charge in [-0.05, 0) is 41.5 Å². The van der Waals surface area contributed by atoms with E-state index in [2.05, 4.69) is 5.32 Å². The lowest BCUT2D eigenvalue weighted by Gasteiger charge is -2.26. The van der Waals surface area contributed by atoms with E-state index in [-0.39, 0.29) is 11.3 Å². The molecule has 0 aromatic heterocycles. The Hall–Kier alpha value is -4.26. The summed E-state index contributed by atoms with van der Waals surface area (Å²) in [5.41, 5.74) is 0.991. The van der Waals surface area contributed by atoms with Crippen LogP contribution in [0.2, 0.25) is 0 Å². The molecule has 4 amide bonds. The Kier molecular flexibility index (Phi) is 5.57. The highest BCUT2D eigenvalue weighted by Crippen LogP contribution is 2.25. The third-order valence-corrected chi connectivity index (χ3v) is 4.61. The van der Waals surface area contributed by atoms with Gasteiger partial charge in [-0.25, -0.2) is 14.1 Å². The number of halogens is 1. The molecule has 0 spiro atoms. The molecule has 1 saturated heterocycles. The summed E-state index contributed by atoms with van der Waals surface area (Å²) < 4.78 is 19.9. The third kappa shape index (κ3) is 4.35. The van der Waals surface area contributed by atoms with Crippen LogP contribution in [0, 0.1) is 5.82 Å². The predicted molar refractivity (Wildman–Crippen MR) is 113 cm³/mol. The average Bonchev–Trinajstić information content (AvgIpc) is 2.77.